The molecule has 0 amide bonds. The zero-order chi connectivity index (χ0) is 10.2. The molecular formula is C11H17NO2. The molecule has 78 valence electrons. The van der Waals surface area contributed by atoms with Crippen LogP contribution >= 0.6 is 0 Å². The van der Waals surface area contributed by atoms with E-state index in [1.807, 2.05) is 13.0 Å². The molecule has 2 rings (SSSR count). The minimum Gasteiger partial charge on any atom is -0.490 e. The molecule has 0 bridgehead atoms. The Kier molecular flexibility index (Phi) is 2.35. The number of carbonyl (C=O) groups excluding carboxylic acids is 1. The molecule has 2 unspecified atom stereocenters. The normalized spacial score (nSPS) is 36.7. The molecular weight excluding hydrogens is 178 g/mol. The number of ketones is 1. The first kappa shape index (κ1) is 9.71. The maximum absolute atomic E-state index is 12.1. The fourth-order valence-corrected chi connectivity index (χ4v) is 2.33. The maximum Gasteiger partial charge on any atom is 0.204 e. The quantitative estimate of drug-likeness (QED) is 0.724. The van der Waals surface area contributed by atoms with Gasteiger partial charge in [0.05, 0.1) is 6.61 Å². The molecule has 1 heterocycles. The predicted molar refractivity (Wildman–Crippen MR) is 53.6 cm³/mol. The largest absolute Gasteiger partial charge is 0.490 e. The zero-order valence-corrected chi connectivity index (χ0v) is 8.58. The third-order valence-corrected chi connectivity index (χ3v) is 3.48. The molecule has 3 nitrogen and oxygen atoms in total. The smallest absolute Gasteiger partial charge is 0.204 e. The Morgan fingerprint density at radius 1 is 1.71 bits per heavy atom. The predicted octanol–water partition coefficient (Wildman–Crippen LogP) is 1.38. The molecule has 0 spiro atoms. The van der Waals surface area contributed by atoms with Crippen molar-refractivity contribution >= 4 is 5.78 Å². The Labute approximate surface area is 84.3 Å². The number of hydrogen-bond acceptors (Lipinski definition) is 3. The number of ether oxygens (including phenoxy) is 1. The molecule has 2 N–H and O–H groups in total. The van der Waals surface area contributed by atoms with Gasteiger partial charge >= 0.3 is 0 Å². The molecule has 0 aromatic rings. The molecule has 1 saturated carbocycles. The van der Waals surface area contributed by atoms with Crippen molar-refractivity contribution in [3.63, 3.8) is 0 Å². The van der Waals surface area contributed by atoms with Gasteiger partial charge in [0.25, 0.3) is 0 Å². The van der Waals surface area contributed by atoms with Gasteiger partial charge in [-0.1, -0.05) is 13.3 Å². The van der Waals surface area contributed by atoms with Crippen LogP contribution in [0.4, 0.5) is 0 Å². The van der Waals surface area contributed by atoms with E-state index in [4.69, 9.17) is 10.5 Å². The van der Waals surface area contributed by atoms with Gasteiger partial charge in [0.15, 0.2) is 5.76 Å². The average Bonchev–Trinajstić information content (AvgIpc) is 2.77. The van der Waals surface area contributed by atoms with Crippen molar-refractivity contribution in [3.05, 3.63) is 11.8 Å². The van der Waals surface area contributed by atoms with Gasteiger partial charge in [-0.3, -0.25) is 4.79 Å². The summed E-state index contributed by atoms with van der Waals surface area (Å²) in [6, 6.07) is 0.0000926. The summed E-state index contributed by atoms with van der Waals surface area (Å²) in [5.74, 6) is 0.657. The van der Waals surface area contributed by atoms with Crippen molar-refractivity contribution in [2.45, 2.75) is 38.6 Å². The summed E-state index contributed by atoms with van der Waals surface area (Å²) in [6.07, 6.45) is 5.64. The van der Waals surface area contributed by atoms with Gasteiger partial charge in [-0.15, -0.1) is 0 Å². The lowest BCUT2D eigenvalue weighted by atomic mass is 9.80. The van der Waals surface area contributed by atoms with Crippen LogP contribution in [-0.4, -0.2) is 18.4 Å². The van der Waals surface area contributed by atoms with Gasteiger partial charge in [0.2, 0.25) is 5.78 Å². The molecule has 0 aromatic carbocycles. The van der Waals surface area contributed by atoms with Crippen molar-refractivity contribution in [2.24, 2.45) is 11.1 Å². The van der Waals surface area contributed by atoms with Gasteiger partial charge in [0.1, 0.15) is 0 Å². The van der Waals surface area contributed by atoms with Crippen molar-refractivity contribution in [3.8, 4) is 0 Å². The minimum absolute atomic E-state index is 0.0000926. The van der Waals surface area contributed by atoms with Gasteiger partial charge < -0.3 is 10.5 Å². The standard InChI is InChI=1S/C11H17NO2/c1-11(6-2-5-9(11)12)10(13)8-4-3-7-14-8/h4,9H,2-3,5-7,12H2,1H3. The second-order valence-electron chi connectivity index (χ2n) is 4.45. The van der Waals surface area contributed by atoms with Crippen LogP contribution in [0.1, 0.15) is 32.6 Å². The molecule has 1 aliphatic carbocycles. The first-order chi connectivity index (χ1) is 6.64. The second-order valence-corrected chi connectivity index (χ2v) is 4.45. The van der Waals surface area contributed by atoms with E-state index in [0.29, 0.717) is 12.4 Å². The third kappa shape index (κ3) is 1.36. The lowest BCUT2D eigenvalue weighted by Crippen LogP contribution is -2.41. The minimum atomic E-state index is -0.379. The van der Waals surface area contributed by atoms with Crippen LogP contribution in [0.3, 0.4) is 0 Å². The van der Waals surface area contributed by atoms with Crippen molar-refractivity contribution in [1.82, 2.24) is 0 Å². The van der Waals surface area contributed by atoms with E-state index in [1.54, 1.807) is 0 Å². The first-order valence-corrected chi connectivity index (χ1v) is 5.28. The van der Waals surface area contributed by atoms with E-state index < -0.39 is 0 Å². The van der Waals surface area contributed by atoms with Gasteiger partial charge in [0, 0.05) is 17.9 Å². The molecule has 14 heavy (non-hydrogen) atoms. The van der Waals surface area contributed by atoms with Gasteiger partial charge in [-0.05, 0) is 18.9 Å². The van der Waals surface area contributed by atoms with Gasteiger partial charge in [-0.25, -0.2) is 0 Å². The van der Waals surface area contributed by atoms with E-state index in [2.05, 4.69) is 0 Å². The Morgan fingerprint density at radius 3 is 3.00 bits per heavy atom. The third-order valence-electron chi connectivity index (χ3n) is 3.48. The summed E-state index contributed by atoms with van der Waals surface area (Å²) in [5.41, 5.74) is 5.60. The maximum atomic E-state index is 12.1. The lowest BCUT2D eigenvalue weighted by molar-refractivity contribution is -0.127. The van der Waals surface area contributed by atoms with Crippen molar-refractivity contribution in [2.75, 3.05) is 6.61 Å². The number of hydrogen-bond donors (Lipinski definition) is 1. The van der Waals surface area contributed by atoms with Crippen molar-refractivity contribution in [1.29, 1.82) is 0 Å². The Hall–Kier alpha value is -0.830. The highest BCUT2D eigenvalue weighted by Crippen LogP contribution is 2.40. The molecule has 0 radical (unpaired) electrons. The highest BCUT2D eigenvalue weighted by molar-refractivity contribution is 5.99. The topological polar surface area (TPSA) is 52.3 Å². The second kappa shape index (κ2) is 3.39. The lowest BCUT2D eigenvalue weighted by Gasteiger charge is -2.27. The Bertz CT molecular complexity index is 285. The SMILES string of the molecule is CC1(C(=O)C2=CCCO2)CCCC1N. The summed E-state index contributed by atoms with van der Waals surface area (Å²) in [6.45, 7) is 2.61. The fraction of sp³-hybridized carbons (Fsp3) is 0.727. The van der Waals surface area contributed by atoms with E-state index in [9.17, 15) is 4.79 Å². The number of Topliss-reactive ketones (excluding diaryl/α,β-unsaturated/α-hetero) is 1. The highest BCUT2D eigenvalue weighted by atomic mass is 16.5. The molecule has 2 aliphatic rings. The van der Waals surface area contributed by atoms with Crippen LogP contribution in [0.15, 0.2) is 11.8 Å². The van der Waals surface area contributed by atoms with Gasteiger partial charge in [-0.2, -0.15) is 0 Å². The highest BCUT2D eigenvalue weighted by Gasteiger charge is 2.44. The van der Waals surface area contributed by atoms with Crippen LogP contribution in [-0.2, 0) is 9.53 Å². The Balaban J connectivity index is 2.17. The van der Waals surface area contributed by atoms with E-state index >= 15 is 0 Å². The van der Waals surface area contributed by atoms with Crippen LogP contribution < -0.4 is 5.73 Å². The van der Waals surface area contributed by atoms with Crippen LogP contribution in [0.25, 0.3) is 0 Å². The average molecular weight is 195 g/mol. The number of carbonyl (C=O) groups is 1. The molecule has 0 saturated heterocycles. The summed E-state index contributed by atoms with van der Waals surface area (Å²) in [5, 5.41) is 0. The fourth-order valence-electron chi connectivity index (χ4n) is 2.33. The zero-order valence-electron chi connectivity index (χ0n) is 8.58. The summed E-state index contributed by atoms with van der Waals surface area (Å²) in [7, 11) is 0. The van der Waals surface area contributed by atoms with Crippen LogP contribution in [0, 0.1) is 5.41 Å². The number of nitrogens with two attached hydrogens (primary N) is 1. The molecule has 3 heteroatoms. The first-order valence-electron chi connectivity index (χ1n) is 5.28. The van der Waals surface area contributed by atoms with E-state index in [1.165, 1.54) is 0 Å². The number of allylic oxidation sites excluding steroid dienone is 1. The summed E-state index contributed by atoms with van der Waals surface area (Å²) >= 11 is 0. The monoisotopic (exact) mass is 195 g/mol. The number of rotatable bonds is 2. The molecule has 1 aliphatic heterocycles. The molecule has 0 aromatic heterocycles. The Morgan fingerprint density at radius 2 is 2.50 bits per heavy atom. The molecule has 2 atom stereocenters. The van der Waals surface area contributed by atoms with E-state index in [0.717, 1.165) is 25.7 Å². The van der Waals surface area contributed by atoms with Crippen molar-refractivity contribution < 1.29 is 9.53 Å². The molecule has 1 fully saturated rings. The van der Waals surface area contributed by atoms with Crippen LogP contribution in [0.2, 0.25) is 0 Å². The van der Waals surface area contributed by atoms with Crippen LogP contribution in [0.5, 0.6) is 0 Å². The van der Waals surface area contributed by atoms with E-state index in [-0.39, 0.29) is 17.2 Å². The summed E-state index contributed by atoms with van der Waals surface area (Å²) in [4.78, 5) is 12.1. The summed E-state index contributed by atoms with van der Waals surface area (Å²) < 4.78 is 5.30.